The monoisotopic (exact) mass is 466 g/mol. The number of carbonyl (C=O) groups excluding carboxylic acids is 2. The molecule has 1 aliphatic rings. The first-order valence-corrected chi connectivity index (χ1v) is 10.6. The van der Waals surface area contributed by atoms with Gasteiger partial charge in [-0.2, -0.15) is 0 Å². The van der Waals surface area contributed by atoms with Gasteiger partial charge in [-0.25, -0.2) is 13.8 Å². The highest BCUT2D eigenvalue weighted by molar-refractivity contribution is 6.31. The number of amides is 2. The molecule has 2 unspecified atom stereocenters. The van der Waals surface area contributed by atoms with Gasteiger partial charge in [-0.1, -0.05) is 37.6 Å². The molecule has 2 heterocycles. The number of benzene rings is 1. The number of pyridine rings is 1. The van der Waals surface area contributed by atoms with E-state index in [1.807, 2.05) is 26.0 Å². The van der Waals surface area contributed by atoms with E-state index in [0.29, 0.717) is 22.7 Å². The van der Waals surface area contributed by atoms with Crippen molar-refractivity contribution in [2.75, 3.05) is 6.61 Å². The Labute approximate surface area is 189 Å². The van der Waals surface area contributed by atoms with Crippen molar-refractivity contribution < 1.29 is 23.1 Å². The highest BCUT2D eigenvalue weighted by atomic mass is 35.5. The average molecular weight is 467 g/mol. The Balaban J connectivity index is 1.72. The minimum atomic E-state index is -2.58. The van der Waals surface area contributed by atoms with Gasteiger partial charge in [0.15, 0.2) is 6.61 Å². The predicted octanol–water partition coefficient (Wildman–Crippen LogP) is 3.50. The van der Waals surface area contributed by atoms with E-state index in [-0.39, 0.29) is 36.1 Å². The minimum Gasteiger partial charge on any atom is -0.472 e. The number of hydrogen-bond donors (Lipinski definition) is 3. The second-order valence-electron chi connectivity index (χ2n) is 7.78. The quantitative estimate of drug-likeness (QED) is 0.553. The van der Waals surface area contributed by atoms with E-state index in [9.17, 15) is 18.4 Å². The molecule has 1 fully saturated rings. The molecule has 172 valence electrons. The van der Waals surface area contributed by atoms with Gasteiger partial charge in [0.25, 0.3) is 6.43 Å². The van der Waals surface area contributed by atoms with Gasteiger partial charge < -0.3 is 15.4 Å². The van der Waals surface area contributed by atoms with Crippen molar-refractivity contribution in [3.05, 3.63) is 58.2 Å². The number of ether oxygens (including phenoxy) is 1. The van der Waals surface area contributed by atoms with Crippen LogP contribution in [-0.2, 0) is 16.1 Å². The predicted molar refractivity (Wildman–Crippen MR) is 115 cm³/mol. The Kier molecular flexibility index (Phi) is 7.98. The van der Waals surface area contributed by atoms with Gasteiger partial charge in [-0.3, -0.25) is 14.9 Å². The lowest BCUT2D eigenvalue weighted by Crippen LogP contribution is -2.46. The molecule has 3 rings (SSSR count). The lowest BCUT2D eigenvalue weighted by molar-refractivity contribution is -0.125. The van der Waals surface area contributed by atoms with Crippen molar-refractivity contribution in [1.29, 1.82) is 0 Å². The van der Waals surface area contributed by atoms with Crippen molar-refractivity contribution >= 4 is 23.4 Å². The molecule has 0 radical (unpaired) electrons. The lowest BCUT2D eigenvalue weighted by Gasteiger charge is -2.32. The smallest absolute Gasteiger partial charge is 0.272 e. The molecule has 2 amide bonds. The Morgan fingerprint density at radius 2 is 2.09 bits per heavy atom. The standard InChI is InChI=1S/C22H25ClF2N4O3/c1-12(2)22(31)27-9-13-3-5-16(23)15(7-13)21-28-17(8-19(30)29-21)14-4-6-20(26-10-14)32-11-18(24)25/h3-7,10,12,17-18,21,28H,8-9,11H2,1-2H3,(H,27,31)(H,29,30). The van der Waals surface area contributed by atoms with Crippen LogP contribution >= 0.6 is 11.6 Å². The molecule has 1 aliphatic heterocycles. The van der Waals surface area contributed by atoms with Crippen LogP contribution in [0.15, 0.2) is 36.5 Å². The van der Waals surface area contributed by atoms with Crippen LogP contribution in [0.1, 0.15) is 49.2 Å². The maximum absolute atomic E-state index is 12.4. The molecule has 0 aliphatic carbocycles. The van der Waals surface area contributed by atoms with Gasteiger partial charge in [0.05, 0.1) is 0 Å². The van der Waals surface area contributed by atoms with Crippen molar-refractivity contribution in [3.63, 3.8) is 0 Å². The number of nitrogens with one attached hydrogen (secondary N) is 3. The van der Waals surface area contributed by atoms with Crippen LogP contribution in [0.4, 0.5) is 8.78 Å². The SMILES string of the molecule is CC(C)C(=O)NCc1ccc(Cl)c(C2NC(=O)CC(c3ccc(OCC(F)F)nc3)N2)c1. The summed E-state index contributed by atoms with van der Waals surface area (Å²) >= 11 is 6.40. The van der Waals surface area contributed by atoms with Gasteiger partial charge >= 0.3 is 0 Å². The molecule has 1 aromatic carbocycles. The van der Waals surface area contributed by atoms with Gasteiger partial charge in [0.1, 0.15) is 6.17 Å². The zero-order valence-corrected chi connectivity index (χ0v) is 18.5. The summed E-state index contributed by atoms with van der Waals surface area (Å²) in [5, 5.41) is 9.54. The number of alkyl halides is 2. The highest BCUT2D eigenvalue weighted by Crippen LogP contribution is 2.30. The van der Waals surface area contributed by atoms with E-state index in [1.54, 1.807) is 12.1 Å². The molecule has 32 heavy (non-hydrogen) atoms. The number of carbonyl (C=O) groups is 2. The van der Waals surface area contributed by atoms with Crippen molar-refractivity contribution in [2.45, 2.75) is 45.4 Å². The molecule has 2 atom stereocenters. The van der Waals surface area contributed by atoms with Crippen LogP contribution in [0, 0.1) is 5.92 Å². The van der Waals surface area contributed by atoms with Crippen molar-refractivity contribution in [1.82, 2.24) is 20.9 Å². The van der Waals surface area contributed by atoms with Gasteiger partial charge in [-0.05, 0) is 23.3 Å². The number of rotatable bonds is 8. The summed E-state index contributed by atoms with van der Waals surface area (Å²) in [5.74, 6) is -0.266. The summed E-state index contributed by atoms with van der Waals surface area (Å²) in [4.78, 5) is 28.3. The molecule has 1 aromatic heterocycles. The van der Waals surface area contributed by atoms with E-state index in [4.69, 9.17) is 16.3 Å². The third kappa shape index (κ3) is 6.37. The number of hydrogen-bond acceptors (Lipinski definition) is 5. The summed E-state index contributed by atoms with van der Waals surface area (Å²) in [6.45, 7) is 3.24. The molecule has 7 nitrogen and oxygen atoms in total. The molecule has 10 heteroatoms. The van der Waals surface area contributed by atoms with Crippen LogP contribution in [0.25, 0.3) is 0 Å². The fourth-order valence-electron chi connectivity index (χ4n) is 3.24. The Hall–Kier alpha value is -2.78. The summed E-state index contributed by atoms with van der Waals surface area (Å²) in [6.07, 6.45) is -1.46. The van der Waals surface area contributed by atoms with E-state index in [0.717, 1.165) is 5.56 Å². The van der Waals surface area contributed by atoms with E-state index < -0.39 is 19.2 Å². The molecule has 1 saturated heterocycles. The number of nitrogens with zero attached hydrogens (tertiary/aromatic N) is 1. The number of aromatic nitrogens is 1. The second kappa shape index (κ2) is 10.7. The largest absolute Gasteiger partial charge is 0.472 e. The fourth-order valence-corrected chi connectivity index (χ4v) is 3.46. The summed E-state index contributed by atoms with van der Waals surface area (Å²) < 4.78 is 29.5. The first-order valence-electron chi connectivity index (χ1n) is 10.2. The minimum absolute atomic E-state index is 0.0564. The van der Waals surface area contributed by atoms with Crippen LogP contribution in [0.3, 0.4) is 0 Å². The fraction of sp³-hybridized carbons (Fsp3) is 0.409. The van der Waals surface area contributed by atoms with Crippen LogP contribution < -0.4 is 20.7 Å². The second-order valence-corrected chi connectivity index (χ2v) is 8.19. The van der Waals surface area contributed by atoms with E-state index >= 15 is 0 Å². The zero-order valence-electron chi connectivity index (χ0n) is 17.7. The Morgan fingerprint density at radius 3 is 2.75 bits per heavy atom. The lowest BCUT2D eigenvalue weighted by atomic mass is 9.99. The first kappa shape index (κ1) is 23.9. The van der Waals surface area contributed by atoms with E-state index in [1.165, 1.54) is 12.3 Å². The van der Waals surface area contributed by atoms with E-state index in [2.05, 4.69) is 20.9 Å². The third-order valence-electron chi connectivity index (χ3n) is 4.94. The van der Waals surface area contributed by atoms with Crippen LogP contribution in [0.5, 0.6) is 5.88 Å². The summed E-state index contributed by atoms with van der Waals surface area (Å²) in [6, 6.07) is 8.19. The topological polar surface area (TPSA) is 92.4 Å². The maximum atomic E-state index is 12.4. The molecule has 0 saturated carbocycles. The van der Waals surface area contributed by atoms with Crippen molar-refractivity contribution in [3.8, 4) is 5.88 Å². The maximum Gasteiger partial charge on any atom is 0.272 e. The molecule has 2 aromatic rings. The molecule has 0 spiro atoms. The highest BCUT2D eigenvalue weighted by Gasteiger charge is 2.29. The Bertz CT molecular complexity index is 957. The number of halogens is 3. The van der Waals surface area contributed by atoms with Gasteiger partial charge in [-0.15, -0.1) is 0 Å². The Morgan fingerprint density at radius 1 is 1.31 bits per heavy atom. The third-order valence-corrected chi connectivity index (χ3v) is 5.29. The van der Waals surface area contributed by atoms with Gasteiger partial charge in [0.2, 0.25) is 17.7 Å². The zero-order chi connectivity index (χ0) is 23.3. The molecule has 3 N–H and O–H groups in total. The van der Waals surface area contributed by atoms with Crippen molar-refractivity contribution in [2.24, 2.45) is 5.92 Å². The molecular weight excluding hydrogens is 442 g/mol. The van der Waals surface area contributed by atoms with Gasteiger partial charge in [0, 0.05) is 47.8 Å². The average Bonchev–Trinajstić information content (AvgIpc) is 2.76. The van der Waals surface area contributed by atoms with Crippen LogP contribution in [0.2, 0.25) is 5.02 Å². The summed E-state index contributed by atoms with van der Waals surface area (Å²) in [7, 11) is 0. The summed E-state index contributed by atoms with van der Waals surface area (Å²) in [5.41, 5.74) is 2.23. The first-order chi connectivity index (χ1) is 15.2. The molecular formula is C22H25ClF2N4O3. The normalized spacial score (nSPS) is 18.5. The van der Waals surface area contributed by atoms with Crippen LogP contribution in [-0.4, -0.2) is 29.8 Å². The molecule has 0 bridgehead atoms.